The number of hydrogen-bond donors (Lipinski definition) is 2. The van der Waals surface area contributed by atoms with E-state index in [1.54, 1.807) is 13.4 Å². The third-order valence-corrected chi connectivity index (χ3v) is 3.21. The Kier molecular flexibility index (Phi) is 3.50. The van der Waals surface area contributed by atoms with Gasteiger partial charge in [0.1, 0.15) is 11.6 Å². The molecule has 1 aromatic carbocycles. The minimum Gasteiger partial charge on any atom is -0.497 e. The average Bonchev–Trinajstić information content (AvgIpc) is 3.00. The van der Waals surface area contributed by atoms with Gasteiger partial charge in [-0.25, -0.2) is 9.97 Å². The van der Waals surface area contributed by atoms with Gasteiger partial charge in [0.15, 0.2) is 0 Å². The van der Waals surface area contributed by atoms with Crippen LogP contribution < -0.4 is 10.1 Å². The van der Waals surface area contributed by atoms with Crippen molar-refractivity contribution in [2.75, 3.05) is 19.0 Å². The first-order valence-corrected chi connectivity index (χ1v) is 6.51. The molecule has 0 aliphatic carbocycles. The summed E-state index contributed by atoms with van der Waals surface area (Å²) >= 11 is 0. The molecule has 0 atom stereocenters. The molecule has 0 radical (unpaired) electrons. The predicted octanol–water partition coefficient (Wildman–Crippen LogP) is 2.62. The Morgan fingerprint density at radius 2 is 2.25 bits per heavy atom. The summed E-state index contributed by atoms with van der Waals surface area (Å²) in [6, 6.07) is 7.99. The largest absolute Gasteiger partial charge is 0.497 e. The molecule has 0 saturated carbocycles. The summed E-state index contributed by atoms with van der Waals surface area (Å²) in [5.41, 5.74) is 1.11. The van der Waals surface area contributed by atoms with Gasteiger partial charge in [0.25, 0.3) is 0 Å². The zero-order valence-corrected chi connectivity index (χ0v) is 11.3. The lowest BCUT2D eigenvalue weighted by molar-refractivity contribution is 0.415. The molecule has 5 nitrogen and oxygen atoms in total. The number of methoxy groups -OCH3 is 1. The zero-order chi connectivity index (χ0) is 13.8. The summed E-state index contributed by atoms with van der Waals surface area (Å²) in [5.74, 6) is 1.71. The highest BCUT2D eigenvalue weighted by Gasteiger charge is 2.04. The molecule has 0 saturated heterocycles. The Bertz CT molecular complexity index is 694. The van der Waals surface area contributed by atoms with Gasteiger partial charge in [-0.1, -0.05) is 6.07 Å². The molecular weight excluding hydrogens is 252 g/mol. The van der Waals surface area contributed by atoms with Crippen molar-refractivity contribution in [2.45, 2.75) is 6.42 Å². The SMILES string of the molecule is COc1ccc2ccnc(NCCc3cnc[nH]3)c2c1. The van der Waals surface area contributed by atoms with E-state index >= 15 is 0 Å². The summed E-state index contributed by atoms with van der Waals surface area (Å²) in [6.07, 6.45) is 6.22. The molecule has 2 aromatic heterocycles. The number of nitrogens with one attached hydrogen (secondary N) is 2. The lowest BCUT2D eigenvalue weighted by Crippen LogP contribution is -2.06. The highest BCUT2D eigenvalue weighted by molar-refractivity contribution is 5.92. The lowest BCUT2D eigenvalue weighted by atomic mass is 10.1. The second kappa shape index (κ2) is 5.61. The number of nitrogens with zero attached hydrogens (tertiary/aromatic N) is 2. The third-order valence-electron chi connectivity index (χ3n) is 3.21. The van der Waals surface area contributed by atoms with E-state index in [4.69, 9.17) is 4.74 Å². The fourth-order valence-electron chi connectivity index (χ4n) is 2.15. The zero-order valence-electron chi connectivity index (χ0n) is 11.3. The molecule has 0 fully saturated rings. The van der Waals surface area contributed by atoms with Gasteiger partial charge in [0.05, 0.1) is 13.4 Å². The number of aromatic amines is 1. The molecule has 0 aliphatic rings. The normalized spacial score (nSPS) is 10.7. The molecule has 5 heteroatoms. The molecule has 0 bridgehead atoms. The molecule has 3 rings (SSSR count). The number of H-pyrrole nitrogens is 1. The van der Waals surface area contributed by atoms with Crippen molar-refractivity contribution in [1.82, 2.24) is 15.0 Å². The second-order valence-electron chi connectivity index (χ2n) is 4.50. The van der Waals surface area contributed by atoms with Crippen LogP contribution in [-0.2, 0) is 6.42 Å². The molecule has 2 heterocycles. The average molecular weight is 268 g/mol. The second-order valence-corrected chi connectivity index (χ2v) is 4.50. The number of pyridine rings is 1. The Morgan fingerprint density at radius 3 is 3.05 bits per heavy atom. The van der Waals surface area contributed by atoms with E-state index in [2.05, 4.69) is 20.3 Å². The van der Waals surface area contributed by atoms with Crippen LogP contribution in [0.3, 0.4) is 0 Å². The standard InChI is InChI=1S/C15H16N4O/c1-20-13-3-2-11-4-6-17-15(14(11)8-13)18-7-5-12-9-16-10-19-12/h2-4,6,8-10H,5,7H2,1H3,(H,16,19)(H,17,18). The van der Waals surface area contributed by atoms with Crippen LogP contribution in [0.15, 0.2) is 43.0 Å². The van der Waals surface area contributed by atoms with E-state index in [-0.39, 0.29) is 0 Å². The van der Waals surface area contributed by atoms with Crippen LogP contribution in [0.2, 0.25) is 0 Å². The molecule has 2 N–H and O–H groups in total. The van der Waals surface area contributed by atoms with Crippen LogP contribution in [0.5, 0.6) is 5.75 Å². The molecule has 0 unspecified atom stereocenters. The van der Waals surface area contributed by atoms with Crippen molar-refractivity contribution in [3.63, 3.8) is 0 Å². The van der Waals surface area contributed by atoms with E-state index in [1.165, 1.54) is 0 Å². The van der Waals surface area contributed by atoms with E-state index in [1.807, 2.05) is 36.7 Å². The van der Waals surface area contributed by atoms with Gasteiger partial charge >= 0.3 is 0 Å². The maximum absolute atomic E-state index is 5.27. The molecule has 102 valence electrons. The minimum absolute atomic E-state index is 0.797. The maximum Gasteiger partial charge on any atom is 0.133 e. The molecule has 0 spiro atoms. The van der Waals surface area contributed by atoms with E-state index < -0.39 is 0 Å². The molecule has 0 aliphatic heterocycles. The van der Waals surface area contributed by atoms with Crippen LogP contribution in [-0.4, -0.2) is 28.6 Å². The van der Waals surface area contributed by atoms with Crippen LogP contribution >= 0.6 is 0 Å². The number of hydrogen-bond acceptors (Lipinski definition) is 4. The number of imidazole rings is 1. The molecule has 0 amide bonds. The van der Waals surface area contributed by atoms with Gasteiger partial charge in [-0.15, -0.1) is 0 Å². The number of rotatable bonds is 5. The first-order valence-electron chi connectivity index (χ1n) is 6.51. The Balaban J connectivity index is 1.79. The highest BCUT2D eigenvalue weighted by Crippen LogP contribution is 2.25. The van der Waals surface area contributed by atoms with Crippen LogP contribution in [0.4, 0.5) is 5.82 Å². The number of benzene rings is 1. The first kappa shape index (κ1) is 12.5. The molecule has 20 heavy (non-hydrogen) atoms. The molecular formula is C15H16N4O. The predicted molar refractivity (Wildman–Crippen MR) is 79.1 cm³/mol. The summed E-state index contributed by atoms with van der Waals surface area (Å²) in [7, 11) is 1.67. The van der Waals surface area contributed by atoms with Gasteiger partial charge in [-0.2, -0.15) is 0 Å². The number of aromatic nitrogens is 3. The summed E-state index contributed by atoms with van der Waals surface area (Å²) < 4.78 is 5.27. The van der Waals surface area contributed by atoms with Crippen LogP contribution in [0.1, 0.15) is 5.69 Å². The maximum atomic E-state index is 5.27. The molecule has 3 aromatic rings. The summed E-state index contributed by atoms with van der Waals surface area (Å²) in [6.45, 7) is 0.797. The first-order chi connectivity index (χ1) is 9.86. The van der Waals surface area contributed by atoms with Crippen molar-refractivity contribution in [3.05, 3.63) is 48.7 Å². The van der Waals surface area contributed by atoms with Gasteiger partial charge in [-0.05, 0) is 23.6 Å². The van der Waals surface area contributed by atoms with Crippen molar-refractivity contribution < 1.29 is 4.74 Å². The van der Waals surface area contributed by atoms with Crippen molar-refractivity contribution in [2.24, 2.45) is 0 Å². The van der Waals surface area contributed by atoms with Gasteiger partial charge in [0.2, 0.25) is 0 Å². The van der Waals surface area contributed by atoms with Crippen molar-refractivity contribution in [1.29, 1.82) is 0 Å². The van der Waals surface area contributed by atoms with Crippen molar-refractivity contribution in [3.8, 4) is 5.75 Å². The Labute approximate surface area is 117 Å². The lowest BCUT2D eigenvalue weighted by Gasteiger charge is -2.09. The number of fused-ring (bicyclic) bond motifs is 1. The van der Waals surface area contributed by atoms with Crippen molar-refractivity contribution >= 4 is 16.6 Å². The highest BCUT2D eigenvalue weighted by atomic mass is 16.5. The van der Waals surface area contributed by atoms with E-state index in [9.17, 15) is 0 Å². The van der Waals surface area contributed by atoms with Gasteiger partial charge in [-0.3, -0.25) is 0 Å². The van der Waals surface area contributed by atoms with E-state index in [0.717, 1.165) is 41.0 Å². The topological polar surface area (TPSA) is 62.8 Å². The quantitative estimate of drug-likeness (QED) is 0.746. The Morgan fingerprint density at radius 1 is 1.30 bits per heavy atom. The monoisotopic (exact) mass is 268 g/mol. The Hall–Kier alpha value is -2.56. The summed E-state index contributed by atoms with van der Waals surface area (Å²) in [4.78, 5) is 11.5. The number of anilines is 1. The fraction of sp³-hybridized carbons (Fsp3) is 0.200. The minimum atomic E-state index is 0.797. The van der Waals surface area contributed by atoms with Gasteiger partial charge in [0, 0.05) is 36.4 Å². The fourth-order valence-corrected chi connectivity index (χ4v) is 2.15. The van der Waals surface area contributed by atoms with E-state index in [0.29, 0.717) is 0 Å². The third kappa shape index (κ3) is 2.56. The smallest absolute Gasteiger partial charge is 0.133 e. The summed E-state index contributed by atoms with van der Waals surface area (Å²) in [5, 5.41) is 5.57. The van der Waals surface area contributed by atoms with Crippen LogP contribution in [0, 0.1) is 0 Å². The number of ether oxygens (including phenoxy) is 1. The van der Waals surface area contributed by atoms with Gasteiger partial charge < -0.3 is 15.0 Å². The van der Waals surface area contributed by atoms with Crippen LogP contribution in [0.25, 0.3) is 10.8 Å².